The maximum Gasteiger partial charge on any atom is 0.341 e. The van der Waals surface area contributed by atoms with Crippen LogP contribution in [-0.2, 0) is 9.53 Å². The third-order valence-electron chi connectivity index (χ3n) is 4.32. The number of nitro benzene ring substituents is 1. The predicted molar refractivity (Wildman–Crippen MR) is 112 cm³/mol. The highest BCUT2D eigenvalue weighted by molar-refractivity contribution is 6.03. The third kappa shape index (κ3) is 5.40. The van der Waals surface area contributed by atoms with Gasteiger partial charge >= 0.3 is 5.97 Å². The number of hydrogen-bond acceptors (Lipinski definition) is 7. The lowest BCUT2D eigenvalue weighted by atomic mass is 10.1. The Morgan fingerprint density at radius 1 is 1.03 bits per heavy atom. The van der Waals surface area contributed by atoms with E-state index >= 15 is 0 Å². The number of benzene rings is 2. The Morgan fingerprint density at radius 2 is 1.67 bits per heavy atom. The van der Waals surface area contributed by atoms with Crippen molar-refractivity contribution in [2.45, 2.75) is 26.9 Å². The van der Waals surface area contributed by atoms with Gasteiger partial charge in [-0.1, -0.05) is 13.8 Å². The molecule has 2 N–H and O–H groups in total. The predicted octanol–water partition coefficient (Wildman–Crippen LogP) is 3.66. The van der Waals surface area contributed by atoms with Crippen molar-refractivity contribution in [1.29, 1.82) is 0 Å². The summed E-state index contributed by atoms with van der Waals surface area (Å²) in [7, 11) is 1.56. The van der Waals surface area contributed by atoms with Crippen LogP contribution in [0.2, 0.25) is 0 Å². The second-order valence-electron chi connectivity index (χ2n) is 6.87. The van der Waals surface area contributed by atoms with Crippen LogP contribution in [0, 0.1) is 16.0 Å². The van der Waals surface area contributed by atoms with Crippen LogP contribution in [0.4, 0.5) is 17.1 Å². The lowest BCUT2D eigenvalue weighted by Gasteiger charge is -2.14. The molecule has 158 valence electrons. The van der Waals surface area contributed by atoms with Crippen LogP contribution in [-0.4, -0.2) is 35.7 Å². The largest absolute Gasteiger partial charge is 0.451 e. The first-order valence-electron chi connectivity index (χ1n) is 9.26. The van der Waals surface area contributed by atoms with Crippen molar-refractivity contribution >= 4 is 34.7 Å². The molecule has 0 radical (unpaired) electrons. The molecule has 9 nitrogen and oxygen atoms in total. The summed E-state index contributed by atoms with van der Waals surface area (Å²) in [6, 6.07) is 9.97. The number of carbonyl (C=O) groups is 3. The second-order valence-corrected chi connectivity index (χ2v) is 6.87. The van der Waals surface area contributed by atoms with Gasteiger partial charge in [0.25, 0.3) is 5.69 Å². The topological polar surface area (TPSA) is 128 Å². The van der Waals surface area contributed by atoms with Crippen molar-refractivity contribution in [3.63, 3.8) is 0 Å². The zero-order valence-electron chi connectivity index (χ0n) is 17.1. The number of non-ortho nitro benzene ring substituents is 1. The van der Waals surface area contributed by atoms with Gasteiger partial charge in [-0.25, -0.2) is 4.79 Å². The van der Waals surface area contributed by atoms with Crippen molar-refractivity contribution < 1.29 is 24.0 Å². The maximum atomic E-state index is 12.6. The van der Waals surface area contributed by atoms with E-state index in [4.69, 9.17) is 4.74 Å². The number of Topliss-reactive ketones (excluding diaryl/α,β-unsaturated/α-hetero) is 1. The van der Waals surface area contributed by atoms with E-state index in [9.17, 15) is 24.5 Å². The number of amides is 1. The number of esters is 1. The molecule has 0 spiro atoms. The fourth-order valence-corrected chi connectivity index (χ4v) is 2.55. The zero-order valence-corrected chi connectivity index (χ0v) is 17.1. The Kier molecular flexibility index (Phi) is 7.24. The van der Waals surface area contributed by atoms with Crippen LogP contribution in [0.25, 0.3) is 0 Å². The molecule has 2 aromatic carbocycles. The van der Waals surface area contributed by atoms with Crippen LogP contribution in [0.3, 0.4) is 0 Å². The van der Waals surface area contributed by atoms with E-state index in [1.807, 2.05) is 0 Å². The van der Waals surface area contributed by atoms with Crippen molar-refractivity contribution in [3.05, 3.63) is 63.7 Å². The number of hydrogen-bond donors (Lipinski definition) is 2. The standard InChI is InChI=1S/C21H23N3O6/c1-12(2)20(26)23-15-7-5-14(6-8-15)19(25)13(3)30-21(27)17-11-16(24(28)29)9-10-18(17)22-4/h5-13,22H,1-4H3,(H,23,26)/t13-/m1/s1. The molecule has 0 aliphatic carbocycles. The molecule has 0 heterocycles. The molecule has 0 saturated carbocycles. The summed E-state index contributed by atoms with van der Waals surface area (Å²) in [4.78, 5) is 47.2. The van der Waals surface area contributed by atoms with Gasteiger partial charge < -0.3 is 15.4 Å². The smallest absolute Gasteiger partial charge is 0.341 e. The van der Waals surface area contributed by atoms with Gasteiger partial charge in [0, 0.05) is 42.0 Å². The first-order valence-corrected chi connectivity index (χ1v) is 9.26. The van der Waals surface area contributed by atoms with Gasteiger partial charge in [0.2, 0.25) is 11.7 Å². The first kappa shape index (κ1) is 22.5. The van der Waals surface area contributed by atoms with Gasteiger partial charge in [-0.2, -0.15) is 0 Å². The Hall–Kier alpha value is -3.75. The summed E-state index contributed by atoms with van der Waals surface area (Å²) in [5.41, 5.74) is 0.878. The number of ether oxygens (including phenoxy) is 1. The van der Waals surface area contributed by atoms with Crippen LogP contribution >= 0.6 is 0 Å². The molecule has 0 fully saturated rings. The molecule has 0 aliphatic rings. The number of rotatable bonds is 8. The number of ketones is 1. The van der Waals surface area contributed by atoms with Crippen LogP contribution in [0.5, 0.6) is 0 Å². The van der Waals surface area contributed by atoms with E-state index in [0.29, 0.717) is 16.9 Å². The van der Waals surface area contributed by atoms with Crippen LogP contribution < -0.4 is 10.6 Å². The average Bonchev–Trinajstić information content (AvgIpc) is 2.72. The van der Waals surface area contributed by atoms with Crippen LogP contribution in [0.15, 0.2) is 42.5 Å². The first-order chi connectivity index (χ1) is 14.1. The number of nitro groups is 1. The highest BCUT2D eigenvalue weighted by Gasteiger charge is 2.23. The van der Waals surface area contributed by atoms with Crippen molar-refractivity contribution in [2.75, 3.05) is 17.7 Å². The zero-order chi connectivity index (χ0) is 22.4. The van der Waals surface area contributed by atoms with E-state index in [1.165, 1.54) is 31.2 Å². The van der Waals surface area contributed by atoms with Gasteiger partial charge in [0.15, 0.2) is 6.10 Å². The minimum Gasteiger partial charge on any atom is -0.451 e. The second kappa shape index (κ2) is 9.64. The number of nitrogens with zero attached hydrogens (tertiary/aromatic N) is 1. The SMILES string of the molecule is CNc1ccc([N+](=O)[O-])cc1C(=O)O[C@H](C)C(=O)c1ccc(NC(=O)C(C)C)cc1. The summed E-state index contributed by atoms with van der Waals surface area (Å²) in [6.07, 6.45) is -1.11. The minimum absolute atomic E-state index is 0.0434. The number of anilines is 2. The molecule has 0 unspecified atom stereocenters. The van der Waals surface area contributed by atoms with E-state index in [2.05, 4.69) is 10.6 Å². The molecule has 9 heteroatoms. The average molecular weight is 413 g/mol. The Labute approximate surface area is 173 Å². The molecule has 2 aromatic rings. The van der Waals surface area contributed by atoms with Gasteiger partial charge in [-0.05, 0) is 37.3 Å². The summed E-state index contributed by atoms with van der Waals surface area (Å²) < 4.78 is 5.24. The summed E-state index contributed by atoms with van der Waals surface area (Å²) in [5.74, 6) is -1.62. The summed E-state index contributed by atoms with van der Waals surface area (Å²) in [6.45, 7) is 4.96. The molecule has 2 rings (SSSR count). The molecule has 30 heavy (non-hydrogen) atoms. The summed E-state index contributed by atoms with van der Waals surface area (Å²) >= 11 is 0. The highest BCUT2D eigenvalue weighted by Crippen LogP contribution is 2.23. The molecular formula is C21H23N3O6. The van der Waals surface area contributed by atoms with E-state index in [1.54, 1.807) is 33.0 Å². The van der Waals surface area contributed by atoms with Gasteiger partial charge in [0.1, 0.15) is 0 Å². The maximum absolute atomic E-state index is 12.6. The van der Waals surface area contributed by atoms with Gasteiger partial charge in [0.05, 0.1) is 10.5 Å². The third-order valence-corrected chi connectivity index (χ3v) is 4.32. The monoisotopic (exact) mass is 413 g/mol. The minimum atomic E-state index is -1.11. The van der Waals surface area contributed by atoms with Crippen LogP contribution in [0.1, 0.15) is 41.5 Å². The molecule has 0 aliphatic heterocycles. The molecule has 0 bridgehead atoms. The Balaban J connectivity index is 2.12. The highest BCUT2D eigenvalue weighted by atomic mass is 16.6. The fraction of sp³-hybridized carbons (Fsp3) is 0.286. The van der Waals surface area contributed by atoms with Crippen molar-refractivity contribution in [1.82, 2.24) is 0 Å². The van der Waals surface area contributed by atoms with Crippen molar-refractivity contribution in [2.24, 2.45) is 5.92 Å². The molecule has 0 aromatic heterocycles. The molecule has 1 amide bonds. The fourth-order valence-electron chi connectivity index (χ4n) is 2.55. The van der Waals surface area contributed by atoms with E-state index < -0.39 is 22.8 Å². The van der Waals surface area contributed by atoms with E-state index in [-0.39, 0.29) is 23.1 Å². The quantitative estimate of drug-likeness (QED) is 0.292. The van der Waals surface area contributed by atoms with Crippen molar-refractivity contribution in [3.8, 4) is 0 Å². The lowest BCUT2D eigenvalue weighted by Crippen LogP contribution is -2.25. The lowest BCUT2D eigenvalue weighted by molar-refractivity contribution is -0.384. The van der Waals surface area contributed by atoms with E-state index in [0.717, 1.165) is 6.07 Å². The summed E-state index contributed by atoms with van der Waals surface area (Å²) in [5, 5.41) is 16.5. The Morgan fingerprint density at radius 3 is 2.20 bits per heavy atom. The van der Waals surface area contributed by atoms with Gasteiger partial charge in [-0.15, -0.1) is 0 Å². The number of nitrogens with one attached hydrogen (secondary N) is 2. The Bertz CT molecular complexity index is 969. The molecule has 0 saturated heterocycles. The molecule has 1 atom stereocenters. The van der Waals surface area contributed by atoms with Gasteiger partial charge in [-0.3, -0.25) is 19.7 Å². The molecular weight excluding hydrogens is 390 g/mol. The normalized spacial score (nSPS) is 11.5. The number of carbonyl (C=O) groups excluding carboxylic acids is 3.